The second-order valence-corrected chi connectivity index (χ2v) is 7.61. The molecule has 3 rings (SSSR count). The first-order valence-corrected chi connectivity index (χ1v) is 9.32. The number of amides is 2. The molecule has 10 heteroatoms. The topological polar surface area (TPSA) is 127 Å². The number of carbonyl (C=O) groups is 2. The summed E-state index contributed by atoms with van der Waals surface area (Å²) >= 11 is 6.58. The minimum absolute atomic E-state index is 0.0263. The van der Waals surface area contributed by atoms with Crippen molar-refractivity contribution in [3.63, 3.8) is 0 Å². The van der Waals surface area contributed by atoms with Gasteiger partial charge in [-0.1, -0.05) is 0 Å². The molecular weight excluding hydrogens is 388 g/mol. The van der Waals surface area contributed by atoms with E-state index >= 15 is 0 Å². The molecule has 2 aromatic rings. The molecule has 1 aliphatic carbocycles. The van der Waals surface area contributed by atoms with Gasteiger partial charge in [-0.3, -0.25) is 25.0 Å². The van der Waals surface area contributed by atoms with Gasteiger partial charge in [0.15, 0.2) is 5.11 Å². The van der Waals surface area contributed by atoms with Gasteiger partial charge in [-0.15, -0.1) is 11.3 Å². The molecule has 4 N–H and O–H groups in total. The van der Waals surface area contributed by atoms with E-state index in [-0.39, 0.29) is 16.4 Å². The van der Waals surface area contributed by atoms with Crippen LogP contribution in [0.4, 0.5) is 10.7 Å². The first-order chi connectivity index (χ1) is 12.8. The Hall–Kier alpha value is -2.85. The smallest absolute Gasteiger partial charge is 0.272 e. The number of aryl methyl sites for hydroxylation is 2. The SMILES string of the molecule is Cc1cc(C(=O)NC(=S)Nc2sc3c(c2C(N)=O)CCC3)ccc1[N+](=O)[O-]. The lowest BCUT2D eigenvalue weighted by atomic mass is 10.1. The Morgan fingerprint density at radius 1 is 1.33 bits per heavy atom. The molecule has 27 heavy (non-hydrogen) atoms. The van der Waals surface area contributed by atoms with Crippen molar-refractivity contribution in [1.82, 2.24) is 5.32 Å². The van der Waals surface area contributed by atoms with Gasteiger partial charge in [-0.2, -0.15) is 0 Å². The van der Waals surface area contributed by atoms with E-state index in [1.165, 1.54) is 29.5 Å². The Labute approximate surface area is 163 Å². The number of hydrogen-bond donors (Lipinski definition) is 3. The number of thiophene rings is 1. The van der Waals surface area contributed by atoms with E-state index in [9.17, 15) is 19.7 Å². The first-order valence-electron chi connectivity index (χ1n) is 8.09. The van der Waals surface area contributed by atoms with Crippen LogP contribution >= 0.6 is 23.6 Å². The number of nitrogens with zero attached hydrogens (tertiary/aromatic N) is 1. The van der Waals surface area contributed by atoms with E-state index in [4.69, 9.17) is 18.0 Å². The molecule has 2 amide bonds. The predicted octanol–water partition coefficient (Wildman–Crippen LogP) is 2.68. The molecule has 140 valence electrons. The molecule has 1 aromatic carbocycles. The molecule has 8 nitrogen and oxygen atoms in total. The zero-order valence-electron chi connectivity index (χ0n) is 14.3. The summed E-state index contributed by atoms with van der Waals surface area (Å²) in [6.45, 7) is 1.55. The maximum absolute atomic E-state index is 12.3. The third kappa shape index (κ3) is 3.81. The maximum Gasteiger partial charge on any atom is 0.272 e. The van der Waals surface area contributed by atoms with Crippen LogP contribution in [0.1, 0.15) is 43.1 Å². The molecule has 0 bridgehead atoms. The lowest BCUT2D eigenvalue weighted by Gasteiger charge is -2.10. The number of nitro benzene ring substituents is 1. The number of carbonyl (C=O) groups excluding carboxylic acids is 2. The van der Waals surface area contributed by atoms with E-state index in [2.05, 4.69) is 10.6 Å². The largest absolute Gasteiger partial charge is 0.365 e. The van der Waals surface area contributed by atoms with Crippen LogP contribution in [0.5, 0.6) is 0 Å². The van der Waals surface area contributed by atoms with Crippen LogP contribution in [0.3, 0.4) is 0 Å². The number of primary amides is 1. The Morgan fingerprint density at radius 3 is 2.70 bits per heavy atom. The molecule has 0 spiro atoms. The van der Waals surface area contributed by atoms with E-state index in [0.29, 0.717) is 16.1 Å². The van der Waals surface area contributed by atoms with Gasteiger partial charge in [0.2, 0.25) is 0 Å². The summed E-state index contributed by atoms with van der Waals surface area (Å²) in [6.07, 6.45) is 2.68. The lowest BCUT2D eigenvalue weighted by molar-refractivity contribution is -0.385. The molecule has 1 heterocycles. The molecular formula is C17H16N4O4S2. The number of rotatable bonds is 4. The molecule has 1 aliphatic rings. The van der Waals surface area contributed by atoms with Crippen LogP contribution in [-0.4, -0.2) is 21.9 Å². The molecule has 1 aromatic heterocycles. The number of fused-ring (bicyclic) bond motifs is 1. The number of nitrogens with one attached hydrogen (secondary N) is 2. The maximum atomic E-state index is 12.3. The Morgan fingerprint density at radius 2 is 2.07 bits per heavy atom. The molecule has 0 fully saturated rings. The Bertz CT molecular complexity index is 984. The number of benzene rings is 1. The van der Waals surface area contributed by atoms with Gasteiger partial charge in [0.25, 0.3) is 17.5 Å². The highest BCUT2D eigenvalue weighted by atomic mass is 32.1. The third-order valence-electron chi connectivity index (χ3n) is 4.28. The quantitative estimate of drug-likeness (QED) is 0.408. The van der Waals surface area contributed by atoms with E-state index < -0.39 is 16.7 Å². The highest BCUT2D eigenvalue weighted by Crippen LogP contribution is 2.38. The molecule has 0 saturated carbocycles. The number of nitrogens with two attached hydrogens (primary N) is 1. The fraction of sp³-hybridized carbons (Fsp3) is 0.235. The van der Waals surface area contributed by atoms with Crippen LogP contribution in [0.15, 0.2) is 18.2 Å². The molecule has 0 unspecified atom stereocenters. The number of hydrogen-bond acceptors (Lipinski definition) is 6. The normalized spacial score (nSPS) is 12.3. The van der Waals surface area contributed by atoms with Crippen molar-refractivity contribution in [2.24, 2.45) is 5.73 Å². The summed E-state index contributed by atoms with van der Waals surface area (Å²) in [6, 6.07) is 4.05. The van der Waals surface area contributed by atoms with E-state index in [0.717, 1.165) is 29.7 Å². The van der Waals surface area contributed by atoms with Crippen molar-refractivity contribution in [3.8, 4) is 0 Å². The van der Waals surface area contributed by atoms with Crippen LogP contribution in [-0.2, 0) is 12.8 Å². The molecule has 0 atom stereocenters. The van der Waals surface area contributed by atoms with Gasteiger partial charge < -0.3 is 11.1 Å². The molecule has 0 saturated heterocycles. The second-order valence-electron chi connectivity index (χ2n) is 6.09. The van der Waals surface area contributed by atoms with Gasteiger partial charge in [-0.25, -0.2) is 0 Å². The van der Waals surface area contributed by atoms with Gasteiger partial charge in [-0.05, 0) is 56.1 Å². The fourth-order valence-electron chi connectivity index (χ4n) is 3.06. The van der Waals surface area contributed by atoms with Crippen molar-refractivity contribution >= 4 is 51.2 Å². The van der Waals surface area contributed by atoms with Gasteiger partial charge >= 0.3 is 0 Å². The minimum atomic E-state index is -0.531. The standard InChI is InChI=1S/C17H16N4O4S2/c1-8-7-9(5-6-11(8)21(24)25)15(23)19-17(26)20-16-13(14(18)22)10-3-2-4-12(10)27-16/h5-7H,2-4H2,1H3,(H2,18,22)(H2,19,20,23,26). The fourth-order valence-corrected chi connectivity index (χ4v) is 4.62. The zero-order chi connectivity index (χ0) is 19.7. The summed E-state index contributed by atoms with van der Waals surface area (Å²) in [5.41, 5.74) is 7.43. The van der Waals surface area contributed by atoms with E-state index in [1.807, 2.05) is 0 Å². The lowest BCUT2D eigenvalue weighted by Crippen LogP contribution is -2.34. The van der Waals surface area contributed by atoms with Gasteiger partial charge in [0.05, 0.1) is 10.5 Å². The van der Waals surface area contributed by atoms with Crippen LogP contribution in [0, 0.1) is 17.0 Å². The van der Waals surface area contributed by atoms with Crippen molar-refractivity contribution < 1.29 is 14.5 Å². The summed E-state index contributed by atoms with van der Waals surface area (Å²) in [5.74, 6) is -1.03. The number of thiocarbonyl (C=S) groups is 1. The average molecular weight is 404 g/mol. The summed E-state index contributed by atoms with van der Waals surface area (Å²) in [7, 11) is 0. The average Bonchev–Trinajstić information content (AvgIpc) is 3.14. The third-order valence-corrected chi connectivity index (χ3v) is 5.69. The highest BCUT2D eigenvalue weighted by molar-refractivity contribution is 7.80. The van der Waals surface area contributed by atoms with Crippen molar-refractivity contribution in [2.75, 3.05) is 5.32 Å². The number of anilines is 1. The summed E-state index contributed by atoms with van der Waals surface area (Å²) < 4.78 is 0. The van der Waals surface area contributed by atoms with Crippen molar-refractivity contribution in [3.05, 3.63) is 55.4 Å². The van der Waals surface area contributed by atoms with Gasteiger partial charge in [0.1, 0.15) is 5.00 Å². The molecule has 0 aliphatic heterocycles. The Kier molecular flexibility index (Phi) is 5.19. The second kappa shape index (κ2) is 7.41. The van der Waals surface area contributed by atoms with Crippen molar-refractivity contribution in [1.29, 1.82) is 0 Å². The van der Waals surface area contributed by atoms with Gasteiger partial charge in [0, 0.05) is 22.1 Å². The highest BCUT2D eigenvalue weighted by Gasteiger charge is 2.26. The van der Waals surface area contributed by atoms with Crippen molar-refractivity contribution in [2.45, 2.75) is 26.2 Å². The Balaban J connectivity index is 1.73. The predicted molar refractivity (Wildman–Crippen MR) is 106 cm³/mol. The summed E-state index contributed by atoms with van der Waals surface area (Å²) in [5, 5.41) is 16.8. The van der Waals surface area contributed by atoms with Crippen LogP contribution in [0.25, 0.3) is 0 Å². The first kappa shape index (κ1) is 18.9. The van der Waals surface area contributed by atoms with Crippen LogP contribution in [0.2, 0.25) is 0 Å². The summed E-state index contributed by atoms with van der Waals surface area (Å²) in [4.78, 5) is 35.6. The van der Waals surface area contributed by atoms with Crippen LogP contribution < -0.4 is 16.4 Å². The molecule has 0 radical (unpaired) electrons. The van der Waals surface area contributed by atoms with E-state index in [1.54, 1.807) is 6.92 Å². The zero-order valence-corrected chi connectivity index (χ0v) is 16.0. The monoisotopic (exact) mass is 404 g/mol. The minimum Gasteiger partial charge on any atom is -0.365 e. The number of nitro groups is 1.